The van der Waals surface area contributed by atoms with Gasteiger partial charge in [0, 0.05) is 0 Å². The molecule has 0 saturated heterocycles. The Bertz CT molecular complexity index is 712. The molecule has 0 radical (unpaired) electrons. The molecule has 1 aliphatic rings. The van der Waals surface area contributed by atoms with E-state index >= 15 is 0 Å². The van der Waals surface area contributed by atoms with Gasteiger partial charge >= 0.3 is 0 Å². The van der Waals surface area contributed by atoms with E-state index in [0.29, 0.717) is 0 Å². The molecule has 0 bridgehead atoms. The zero-order chi connectivity index (χ0) is 15.6. The highest BCUT2D eigenvalue weighted by atomic mass is 14.3. The van der Waals surface area contributed by atoms with Crippen molar-refractivity contribution in [1.82, 2.24) is 0 Å². The van der Waals surface area contributed by atoms with Gasteiger partial charge < -0.3 is 0 Å². The van der Waals surface area contributed by atoms with E-state index in [-0.39, 0.29) is 5.41 Å². The Morgan fingerprint density at radius 3 is 2.27 bits per heavy atom. The van der Waals surface area contributed by atoms with Crippen LogP contribution in [0.2, 0.25) is 0 Å². The van der Waals surface area contributed by atoms with Crippen LogP contribution in [0.1, 0.15) is 37.0 Å². The molecule has 0 aliphatic heterocycles. The van der Waals surface area contributed by atoms with Crippen molar-refractivity contribution >= 4 is 0 Å². The summed E-state index contributed by atoms with van der Waals surface area (Å²) in [6.07, 6.45) is 11.0. The van der Waals surface area contributed by atoms with Gasteiger partial charge in [-0.05, 0) is 47.4 Å². The first kappa shape index (κ1) is 14.8. The molecule has 0 heteroatoms. The predicted molar refractivity (Wildman–Crippen MR) is 96.2 cm³/mol. The zero-order valence-corrected chi connectivity index (χ0v) is 13.8. The lowest BCUT2D eigenvalue weighted by Crippen LogP contribution is -2.18. The number of allylic oxidation sites excluding steroid dienone is 4. The number of rotatable bonds is 1. The van der Waals surface area contributed by atoms with Crippen LogP contribution in [0.3, 0.4) is 0 Å². The molecule has 0 amide bonds. The maximum atomic E-state index is 2.40. The lowest BCUT2D eigenvalue weighted by molar-refractivity contribution is 0.530. The van der Waals surface area contributed by atoms with E-state index in [9.17, 15) is 0 Å². The van der Waals surface area contributed by atoms with Crippen molar-refractivity contribution in [2.75, 3.05) is 0 Å². The highest BCUT2D eigenvalue weighted by Gasteiger charge is 2.23. The first-order valence-corrected chi connectivity index (χ1v) is 8.08. The van der Waals surface area contributed by atoms with Crippen LogP contribution in [0.25, 0.3) is 11.1 Å². The summed E-state index contributed by atoms with van der Waals surface area (Å²) in [6.45, 7) is 6.83. The van der Waals surface area contributed by atoms with Gasteiger partial charge in [0.15, 0.2) is 0 Å². The Kier molecular flexibility index (Phi) is 4.02. The largest absolute Gasteiger partial charge is 0.0837 e. The molecule has 1 aliphatic carbocycles. The summed E-state index contributed by atoms with van der Waals surface area (Å²) in [5.41, 5.74) is 7.01. The molecule has 0 spiro atoms. The molecule has 0 fully saturated rings. The number of hydrogen-bond donors (Lipinski definition) is 0. The van der Waals surface area contributed by atoms with Crippen molar-refractivity contribution in [3.63, 3.8) is 0 Å². The van der Waals surface area contributed by atoms with Crippen LogP contribution in [0.15, 0.2) is 66.8 Å². The van der Waals surface area contributed by atoms with E-state index in [1.807, 2.05) is 0 Å². The van der Waals surface area contributed by atoms with Gasteiger partial charge in [-0.2, -0.15) is 0 Å². The van der Waals surface area contributed by atoms with Crippen molar-refractivity contribution < 1.29 is 0 Å². The summed E-state index contributed by atoms with van der Waals surface area (Å²) < 4.78 is 0. The molecule has 0 unspecified atom stereocenters. The minimum Gasteiger partial charge on any atom is -0.0837 e. The topological polar surface area (TPSA) is 0 Å². The third-order valence-electron chi connectivity index (χ3n) is 4.57. The molecule has 0 N–H and O–H groups in total. The van der Waals surface area contributed by atoms with Gasteiger partial charge in [0.05, 0.1) is 0 Å². The Hall–Kier alpha value is -2.08. The van der Waals surface area contributed by atoms with Crippen LogP contribution in [-0.4, -0.2) is 0 Å². The van der Waals surface area contributed by atoms with Gasteiger partial charge in [0.25, 0.3) is 0 Å². The quantitative estimate of drug-likeness (QED) is 0.604. The smallest absolute Gasteiger partial charge is 0.00659 e. The number of benzene rings is 2. The van der Waals surface area contributed by atoms with Crippen LogP contribution in [0.5, 0.6) is 0 Å². The molecular weight excluding hydrogens is 264 g/mol. The second-order valence-corrected chi connectivity index (χ2v) is 6.89. The first-order chi connectivity index (χ1) is 10.6. The lowest BCUT2D eigenvalue weighted by Gasteiger charge is -2.27. The molecule has 112 valence electrons. The summed E-state index contributed by atoms with van der Waals surface area (Å²) in [6, 6.07) is 15.8. The first-order valence-electron chi connectivity index (χ1n) is 8.08. The van der Waals surface area contributed by atoms with E-state index in [2.05, 4.69) is 87.5 Å². The average molecular weight is 288 g/mol. The predicted octanol–water partition coefficient (Wildman–Crippen LogP) is 6.00. The zero-order valence-electron chi connectivity index (χ0n) is 13.8. The van der Waals surface area contributed by atoms with Gasteiger partial charge in [-0.15, -0.1) is 0 Å². The van der Waals surface area contributed by atoms with E-state index < -0.39 is 0 Å². The maximum absolute atomic E-state index is 2.40. The van der Waals surface area contributed by atoms with Gasteiger partial charge in [0.1, 0.15) is 0 Å². The summed E-state index contributed by atoms with van der Waals surface area (Å²) in [7, 11) is 0. The molecule has 0 heterocycles. The molecule has 2 aromatic rings. The molecule has 2 aromatic carbocycles. The van der Waals surface area contributed by atoms with Crippen molar-refractivity contribution in [2.24, 2.45) is 0 Å². The van der Waals surface area contributed by atoms with Gasteiger partial charge in [0.2, 0.25) is 0 Å². The van der Waals surface area contributed by atoms with Gasteiger partial charge in [-0.25, -0.2) is 0 Å². The van der Waals surface area contributed by atoms with Crippen LogP contribution in [-0.2, 0) is 11.8 Å². The SMILES string of the molecule is Cc1ccc(-c2ccc3c(c2)C(C)(C)C/C=C\C=C/C3)cc1. The monoisotopic (exact) mass is 288 g/mol. The molecular formula is C22H24. The van der Waals surface area contributed by atoms with E-state index in [4.69, 9.17) is 0 Å². The summed E-state index contributed by atoms with van der Waals surface area (Å²) in [4.78, 5) is 0. The van der Waals surface area contributed by atoms with Crippen LogP contribution >= 0.6 is 0 Å². The third-order valence-corrected chi connectivity index (χ3v) is 4.57. The fourth-order valence-corrected chi connectivity index (χ4v) is 3.13. The van der Waals surface area contributed by atoms with Gasteiger partial charge in [-0.3, -0.25) is 0 Å². The molecule has 0 nitrogen and oxygen atoms in total. The van der Waals surface area contributed by atoms with Crippen LogP contribution in [0.4, 0.5) is 0 Å². The van der Waals surface area contributed by atoms with Gasteiger partial charge in [-0.1, -0.05) is 86.2 Å². The molecule has 0 atom stereocenters. The summed E-state index contributed by atoms with van der Waals surface area (Å²) in [5.74, 6) is 0. The highest BCUT2D eigenvalue weighted by Crippen LogP contribution is 2.34. The minimum absolute atomic E-state index is 0.165. The van der Waals surface area contributed by atoms with Crippen LogP contribution < -0.4 is 0 Å². The fraction of sp³-hybridized carbons (Fsp3) is 0.273. The average Bonchev–Trinajstić information content (AvgIpc) is 2.57. The molecule has 0 aromatic heterocycles. The number of hydrogen-bond acceptors (Lipinski definition) is 0. The van der Waals surface area contributed by atoms with E-state index in [1.165, 1.54) is 27.8 Å². The standard InChI is InChI=1S/C22H24/c1-17-9-11-18(12-10-17)20-14-13-19-8-6-4-5-7-15-22(2,3)21(19)16-20/h4-7,9-14,16H,8,15H2,1-3H3/b6-4-,7-5-. The lowest BCUT2D eigenvalue weighted by atomic mass is 9.77. The van der Waals surface area contributed by atoms with Crippen molar-refractivity contribution in [3.8, 4) is 11.1 Å². The third kappa shape index (κ3) is 3.06. The summed E-state index contributed by atoms with van der Waals surface area (Å²) >= 11 is 0. The Morgan fingerprint density at radius 1 is 0.818 bits per heavy atom. The maximum Gasteiger partial charge on any atom is -0.00659 e. The van der Waals surface area contributed by atoms with E-state index in [1.54, 1.807) is 0 Å². The molecule has 3 rings (SSSR count). The van der Waals surface area contributed by atoms with Crippen LogP contribution in [0, 0.1) is 6.92 Å². The second-order valence-electron chi connectivity index (χ2n) is 6.89. The Morgan fingerprint density at radius 2 is 1.50 bits per heavy atom. The highest BCUT2D eigenvalue weighted by molar-refractivity contribution is 5.66. The minimum atomic E-state index is 0.165. The van der Waals surface area contributed by atoms with Crippen molar-refractivity contribution in [3.05, 3.63) is 83.5 Å². The Balaban J connectivity index is 2.09. The number of fused-ring (bicyclic) bond motifs is 1. The number of aryl methyl sites for hydroxylation is 1. The Labute approximate surface area is 134 Å². The molecule has 22 heavy (non-hydrogen) atoms. The van der Waals surface area contributed by atoms with E-state index in [0.717, 1.165) is 12.8 Å². The van der Waals surface area contributed by atoms with Crippen molar-refractivity contribution in [1.29, 1.82) is 0 Å². The normalized spacial score (nSPS) is 19.4. The summed E-state index contributed by atoms with van der Waals surface area (Å²) in [5, 5.41) is 0. The molecule has 0 saturated carbocycles. The second kappa shape index (κ2) is 5.96. The fourth-order valence-electron chi connectivity index (χ4n) is 3.13. The van der Waals surface area contributed by atoms with Crippen molar-refractivity contribution in [2.45, 2.75) is 39.0 Å².